The molecule has 0 aliphatic heterocycles. The fraction of sp³-hybridized carbons (Fsp3) is 0.0526. The van der Waals surface area contributed by atoms with Crippen LogP contribution in [0.4, 0.5) is 17.2 Å². The molecule has 0 saturated carbocycles. The number of carbonyl (C=O) groups is 1. The Labute approximate surface area is 160 Å². The van der Waals surface area contributed by atoms with Gasteiger partial charge in [0, 0.05) is 21.9 Å². The third-order valence-corrected chi connectivity index (χ3v) is 4.02. The molecule has 0 atom stereocenters. The Morgan fingerprint density at radius 3 is 2.62 bits per heavy atom. The molecule has 5 nitrogen and oxygen atoms in total. The van der Waals surface area contributed by atoms with Crippen molar-refractivity contribution in [1.82, 2.24) is 4.98 Å². The second kappa shape index (κ2) is 8.08. The minimum absolute atomic E-state index is 0.344. The molecule has 0 spiro atoms. The highest BCUT2D eigenvalue weighted by Crippen LogP contribution is 2.29. The molecular weight excluding hydrogens is 373 g/mol. The molecule has 0 aliphatic rings. The molecule has 0 fully saturated rings. The third-order valence-electron chi connectivity index (χ3n) is 3.55. The number of hydrogen-bond acceptors (Lipinski definition) is 4. The lowest BCUT2D eigenvalue weighted by atomic mass is 10.2. The van der Waals surface area contributed by atoms with Crippen LogP contribution in [-0.4, -0.2) is 18.0 Å². The van der Waals surface area contributed by atoms with Crippen LogP contribution in [0.15, 0.2) is 60.8 Å². The number of carbonyl (C=O) groups excluding carboxylic acids is 1. The van der Waals surface area contributed by atoms with Crippen molar-refractivity contribution >= 4 is 46.3 Å². The number of pyridine rings is 1. The second-order valence-corrected chi connectivity index (χ2v) is 6.21. The van der Waals surface area contributed by atoms with Gasteiger partial charge in [0.05, 0.1) is 18.4 Å². The van der Waals surface area contributed by atoms with E-state index in [0.29, 0.717) is 32.9 Å². The van der Waals surface area contributed by atoms with E-state index >= 15 is 0 Å². The molecule has 3 aromatic rings. The van der Waals surface area contributed by atoms with E-state index in [9.17, 15) is 4.79 Å². The summed E-state index contributed by atoms with van der Waals surface area (Å²) >= 11 is 12.0. The van der Waals surface area contributed by atoms with Gasteiger partial charge in [0.1, 0.15) is 11.6 Å². The smallest absolute Gasteiger partial charge is 0.259 e. The van der Waals surface area contributed by atoms with Gasteiger partial charge < -0.3 is 15.4 Å². The summed E-state index contributed by atoms with van der Waals surface area (Å²) in [7, 11) is 1.52. The zero-order valence-electron chi connectivity index (χ0n) is 13.8. The van der Waals surface area contributed by atoms with Crippen molar-refractivity contribution in [3.05, 3.63) is 76.4 Å². The van der Waals surface area contributed by atoms with E-state index in [1.165, 1.54) is 7.11 Å². The molecule has 0 radical (unpaired) electrons. The van der Waals surface area contributed by atoms with Gasteiger partial charge in [-0.05, 0) is 48.5 Å². The van der Waals surface area contributed by atoms with E-state index in [1.807, 2.05) is 12.1 Å². The molecule has 1 aromatic heterocycles. The summed E-state index contributed by atoms with van der Waals surface area (Å²) in [6.07, 6.45) is 1.60. The summed E-state index contributed by atoms with van der Waals surface area (Å²) in [5.74, 6) is 0.576. The highest BCUT2D eigenvalue weighted by Gasteiger charge is 2.15. The molecule has 0 saturated heterocycles. The average Bonchev–Trinajstić information content (AvgIpc) is 2.62. The number of amides is 1. The van der Waals surface area contributed by atoms with Crippen LogP contribution in [0.1, 0.15) is 10.4 Å². The number of methoxy groups -OCH3 is 1. The first-order valence-corrected chi connectivity index (χ1v) is 8.45. The van der Waals surface area contributed by atoms with Gasteiger partial charge in [0.2, 0.25) is 0 Å². The van der Waals surface area contributed by atoms with E-state index in [4.69, 9.17) is 27.9 Å². The maximum Gasteiger partial charge on any atom is 0.259 e. The molecule has 3 rings (SSSR count). The van der Waals surface area contributed by atoms with E-state index in [1.54, 1.807) is 48.7 Å². The summed E-state index contributed by atoms with van der Waals surface area (Å²) in [6, 6.07) is 15.5. The van der Waals surface area contributed by atoms with Gasteiger partial charge in [-0.2, -0.15) is 0 Å². The van der Waals surface area contributed by atoms with E-state index in [-0.39, 0.29) is 5.91 Å². The van der Waals surface area contributed by atoms with Gasteiger partial charge in [-0.25, -0.2) is 4.98 Å². The van der Waals surface area contributed by atoms with Crippen LogP contribution in [0.2, 0.25) is 10.0 Å². The quantitative estimate of drug-likeness (QED) is 0.615. The van der Waals surface area contributed by atoms with Gasteiger partial charge in [0.25, 0.3) is 5.91 Å². The van der Waals surface area contributed by atoms with Crippen LogP contribution in [0.25, 0.3) is 0 Å². The number of anilines is 3. The molecule has 7 heteroatoms. The normalized spacial score (nSPS) is 10.3. The number of rotatable bonds is 5. The van der Waals surface area contributed by atoms with Gasteiger partial charge in [0.15, 0.2) is 0 Å². The van der Waals surface area contributed by atoms with Gasteiger partial charge in [-0.3, -0.25) is 4.79 Å². The van der Waals surface area contributed by atoms with Crippen LogP contribution in [0.3, 0.4) is 0 Å². The molecule has 0 unspecified atom stereocenters. The van der Waals surface area contributed by atoms with Gasteiger partial charge in [-0.1, -0.05) is 29.3 Å². The molecular formula is C19H15Cl2N3O2. The molecule has 2 aromatic carbocycles. The lowest BCUT2D eigenvalue weighted by molar-refractivity contribution is 0.102. The Kier molecular flexibility index (Phi) is 5.61. The SMILES string of the molecule is COc1ccc(Cl)cc1NC(=O)c1cccnc1Nc1cccc(Cl)c1. The summed E-state index contributed by atoms with van der Waals surface area (Å²) in [4.78, 5) is 17.0. The Balaban J connectivity index is 1.88. The summed E-state index contributed by atoms with van der Waals surface area (Å²) in [5.41, 5.74) is 1.57. The van der Waals surface area contributed by atoms with E-state index in [2.05, 4.69) is 15.6 Å². The number of benzene rings is 2. The minimum atomic E-state index is -0.344. The zero-order chi connectivity index (χ0) is 18.5. The summed E-state index contributed by atoms with van der Waals surface area (Å²) in [5, 5.41) is 6.98. The third kappa shape index (κ3) is 4.25. The molecule has 26 heavy (non-hydrogen) atoms. The van der Waals surface area contributed by atoms with Crippen molar-refractivity contribution < 1.29 is 9.53 Å². The number of nitrogens with zero attached hydrogens (tertiary/aromatic N) is 1. The molecule has 1 heterocycles. The van der Waals surface area contributed by atoms with E-state index < -0.39 is 0 Å². The maximum absolute atomic E-state index is 12.8. The summed E-state index contributed by atoms with van der Waals surface area (Å²) < 4.78 is 5.26. The van der Waals surface area contributed by atoms with Crippen LogP contribution >= 0.6 is 23.2 Å². The first-order chi connectivity index (χ1) is 12.6. The number of aromatic nitrogens is 1. The Hall–Kier alpha value is -2.76. The van der Waals surface area contributed by atoms with Gasteiger partial charge in [-0.15, -0.1) is 0 Å². The summed E-state index contributed by atoms with van der Waals surface area (Å²) in [6.45, 7) is 0. The molecule has 1 amide bonds. The fourth-order valence-corrected chi connectivity index (χ4v) is 2.72. The highest BCUT2D eigenvalue weighted by molar-refractivity contribution is 6.31. The van der Waals surface area contributed by atoms with E-state index in [0.717, 1.165) is 5.69 Å². The Morgan fingerprint density at radius 1 is 1.04 bits per heavy atom. The van der Waals surface area contributed by atoms with Crippen LogP contribution in [-0.2, 0) is 0 Å². The average molecular weight is 388 g/mol. The van der Waals surface area contributed by atoms with Crippen molar-refractivity contribution in [2.24, 2.45) is 0 Å². The van der Waals surface area contributed by atoms with Crippen LogP contribution in [0, 0.1) is 0 Å². The lowest BCUT2D eigenvalue weighted by Gasteiger charge is -2.13. The topological polar surface area (TPSA) is 63.2 Å². The molecule has 2 N–H and O–H groups in total. The van der Waals surface area contributed by atoms with Crippen LogP contribution < -0.4 is 15.4 Å². The molecule has 0 aliphatic carbocycles. The molecule has 132 valence electrons. The van der Waals surface area contributed by atoms with Crippen molar-refractivity contribution in [2.75, 3.05) is 17.7 Å². The monoisotopic (exact) mass is 387 g/mol. The molecule has 0 bridgehead atoms. The Morgan fingerprint density at radius 2 is 1.85 bits per heavy atom. The number of nitrogens with one attached hydrogen (secondary N) is 2. The predicted molar refractivity (Wildman–Crippen MR) is 105 cm³/mol. The second-order valence-electron chi connectivity index (χ2n) is 5.33. The van der Waals surface area contributed by atoms with Crippen molar-refractivity contribution in [2.45, 2.75) is 0 Å². The van der Waals surface area contributed by atoms with Crippen molar-refractivity contribution in [1.29, 1.82) is 0 Å². The first-order valence-electron chi connectivity index (χ1n) is 7.69. The van der Waals surface area contributed by atoms with Gasteiger partial charge >= 0.3 is 0 Å². The standard InChI is InChI=1S/C19H15Cl2N3O2/c1-26-17-8-7-13(21)11-16(17)24-19(25)15-6-3-9-22-18(15)23-14-5-2-4-12(20)10-14/h2-11H,1H3,(H,22,23)(H,24,25). The van der Waals surface area contributed by atoms with Crippen molar-refractivity contribution in [3.8, 4) is 5.75 Å². The first kappa shape index (κ1) is 18.0. The number of hydrogen-bond donors (Lipinski definition) is 2. The number of halogens is 2. The zero-order valence-corrected chi connectivity index (χ0v) is 15.3. The van der Waals surface area contributed by atoms with Crippen molar-refractivity contribution in [3.63, 3.8) is 0 Å². The maximum atomic E-state index is 12.8. The Bertz CT molecular complexity index is 948. The fourth-order valence-electron chi connectivity index (χ4n) is 2.36. The highest BCUT2D eigenvalue weighted by atomic mass is 35.5. The number of ether oxygens (including phenoxy) is 1. The predicted octanol–water partition coefficient (Wildman–Crippen LogP) is 5.39. The minimum Gasteiger partial charge on any atom is -0.495 e. The lowest BCUT2D eigenvalue weighted by Crippen LogP contribution is -2.15. The van der Waals surface area contributed by atoms with Crippen LogP contribution in [0.5, 0.6) is 5.75 Å². The largest absolute Gasteiger partial charge is 0.495 e.